The van der Waals surface area contributed by atoms with Gasteiger partial charge in [-0.2, -0.15) is 0 Å². The van der Waals surface area contributed by atoms with E-state index < -0.39 is 12.1 Å². The van der Waals surface area contributed by atoms with Crippen LogP contribution >= 0.6 is 11.6 Å². The van der Waals surface area contributed by atoms with Crippen LogP contribution in [0.2, 0.25) is 5.02 Å². The van der Waals surface area contributed by atoms with Gasteiger partial charge in [-0.3, -0.25) is 0 Å². The number of rotatable bonds is 4. The summed E-state index contributed by atoms with van der Waals surface area (Å²) in [4.78, 5) is 23.0. The van der Waals surface area contributed by atoms with E-state index in [2.05, 4.69) is 0 Å². The van der Waals surface area contributed by atoms with Crippen molar-refractivity contribution in [1.29, 1.82) is 0 Å². The summed E-state index contributed by atoms with van der Waals surface area (Å²) in [6.45, 7) is 1.71. The number of ether oxygens (including phenoxy) is 1. The van der Waals surface area contributed by atoms with Crippen LogP contribution in [0.3, 0.4) is 0 Å². The van der Waals surface area contributed by atoms with Crippen LogP contribution in [-0.2, 0) is 12.8 Å². The van der Waals surface area contributed by atoms with Gasteiger partial charge in [0.25, 0.3) is 0 Å². The van der Waals surface area contributed by atoms with Gasteiger partial charge in [0.15, 0.2) is 6.10 Å². The lowest BCUT2D eigenvalue weighted by molar-refractivity contribution is 0.0655. The average Bonchev–Trinajstić information content (AvgIpc) is 3.26. The summed E-state index contributed by atoms with van der Waals surface area (Å²) >= 11 is 6.36. The molecule has 134 valence electrons. The number of halogens is 1. The van der Waals surface area contributed by atoms with Gasteiger partial charge < -0.3 is 18.7 Å². The van der Waals surface area contributed by atoms with Gasteiger partial charge in [-0.05, 0) is 49.9 Å². The van der Waals surface area contributed by atoms with E-state index in [0.717, 1.165) is 35.8 Å². The van der Waals surface area contributed by atoms with Gasteiger partial charge in [0, 0.05) is 17.0 Å². The largest absolute Gasteiger partial charge is 0.481 e. The fourth-order valence-electron chi connectivity index (χ4n) is 3.31. The van der Waals surface area contributed by atoms with E-state index in [4.69, 9.17) is 30.3 Å². The molecule has 0 fully saturated rings. The Morgan fingerprint density at radius 3 is 2.73 bits per heavy atom. The first-order valence-electron chi connectivity index (χ1n) is 8.22. The number of carboxylic acids is 1. The quantitative estimate of drug-likeness (QED) is 0.682. The maximum atomic E-state index is 12.1. The van der Waals surface area contributed by atoms with E-state index in [1.165, 1.54) is 12.1 Å². The van der Waals surface area contributed by atoms with Crippen LogP contribution in [0.5, 0.6) is 5.75 Å². The minimum Gasteiger partial charge on any atom is -0.481 e. The fourth-order valence-corrected chi connectivity index (χ4v) is 3.52. The zero-order valence-electron chi connectivity index (χ0n) is 13.9. The molecule has 0 spiro atoms. The third kappa shape index (κ3) is 2.76. The van der Waals surface area contributed by atoms with E-state index in [1.807, 2.05) is 0 Å². The molecule has 1 atom stereocenters. The number of hydrogen-bond acceptors (Lipinski definition) is 5. The van der Waals surface area contributed by atoms with Crippen LogP contribution in [0, 0.1) is 0 Å². The molecule has 0 saturated carbocycles. The topological polar surface area (TPSA) is 89.9 Å². The summed E-state index contributed by atoms with van der Waals surface area (Å²) < 4.78 is 16.5. The predicted octanol–water partition coefficient (Wildman–Crippen LogP) is 4.37. The minimum atomic E-state index is -1.15. The second kappa shape index (κ2) is 6.21. The van der Waals surface area contributed by atoms with Crippen LogP contribution in [0.4, 0.5) is 0 Å². The van der Waals surface area contributed by atoms with Crippen molar-refractivity contribution in [3.8, 4) is 5.75 Å². The predicted molar refractivity (Wildman–Crippen MR) is 94.2 cm³/mol. The van der Waals surface area contributed by atoms with Gasteiger partial charge in [0.1, 0.15) is 17.1 Å². The number of aryl methyl sites for hydroxylation is 1. The lowest BCUT2D eigenvalue weighted by Gasteiger charge is -2.15. The maximum absolute atomic E-state index is 12.1. The summed E-state index contributed by atoms with van der Waals surface area (Å²) in [6, 6.07) is 6.24. The molecule has 1 unspecified atom stereocenters. The highest BCUT2D eigenvalue weighted by Gasteiger charge is 2.22. The molecule has 2 aromatic heterocycles. The molecule has 1 N–H and O–H groups in total. The number of fused-ring (bicyclic) bond motifs is 3. The third-order valence-electron chi connectivity index (χ3n) is 4.57. The van der Waals surface area contributed by atoms with Crippen molar-refractivity contribution >= 4 is 28.5 Å². The Kier molecular flexibility index (Phi) is 4.00. The Morgan fingerprint density at radius 1 is 1.23 bits per heavy atom. The van der Waals surface area contributed by atoms with Crippen molar-refractivity contribution < 1.29 is 23.5 Å². The number of carbonyl (C=O) groups is 1. The molecule has 3 aromatic rings. The molecule has 1 aliphatic carbocycles. The highest BCUT2D eigenvalue weighted by atomic mass is 35.5. The van der Waals surface area contributed by atoms with E-state index in [1.54, 1.807) is 19.1 Å². The smallest absolute Gasteiger partial charge is 0.371 e. The van der Waals surface area contributed by atoms with Crippen LogP contribution in [0.1, 0.15) is 46.9 Å². The highest BCUT2D eigenvalue weighted by Crippen LogP contribution is 2.36. The molecule has 1 aromatic carbocycles. The minimum absolute atomic E-state index is 0.165. The van der Waals surface area contributed by atoms with Gasteiger partial charge in [0.05, 0.1) is 5.02 Å². The van der Waals surface area contributed by atoms with E-state index in [9.17, 15) is 9.59 Å². The maximum Gasteiger partial charge on any atom is 0.371 e. The molecule has 2 heterocycles. The summed E-state index contributed by atoms with van der Waals surface area (Å²) in [5.74, 6) is -0.626. The molecular formula is C19H15ClO6. The lowest BCUT2D eigenvalue weighted by Crippen LogP contribution is -2.07. The number of carboxylic acid groups (broad SMARTS) is 1. The molecule has 4 rings (SSSR count). The standard InChI is InChI=1S/C19H15ClO6/c1-9(14-5-6-15(25-14)18(21)22)24-17-8-16-12(7-13(17)20)10-3-2-4-11(10)19(23)26-16/h5-9H,2-4H2,1H3,(H,21,22). The molecule has 0 amide bonds. The summed E-state index contributed by atoms with van der Waals surface area (Å²) in [7, 11) is 0. The Hall–Kier alpha value is -2.73. The first-order chi connectivity index (χ1) is 12.4. The van der Waals surface area contributed by atoms with E-state index in [-0.39, 0.29) is 11.4 Å². The van der Waals surface area contributed by atoms with Crippen molar-refractivity contribution in [1.82, 2.24) is 0 Å². The SMILES string of the molecule is CC(Oc1cc2oc(=O)c3c(c2cc1Cl)CCC3)c1ccc(C(=O)O)o1. The number of benzene rings is 1. The van der Waals surface area contributed by atoms with Gasteiger partial charge >= 0.3 is 11.6 Å². The van der Waals surface area contributed by atoms with E-state index >= 15 is 0 Å². The molecule has 0 aliphatic heterocycles. The van der Waals surface area contributed by atoms with Gasteiger partial charge in [-0.25, -0.2) is 9.59 Å². The number of aromatic carboxylic acids is 1. The molecule has 0 radical (unpaired) electrons. The van der Waals surface area contributed by atoms with Crippen molar-refractivity contribution in [3.05, 3.63) is 62.4 Å². The monoisotopic (exact) mass is 374 g/mol. The van der Waals surface area contributed by atoms with Crippen molar-refractivity contribution in [2.75, 3.05) is 0 Å². The first kappa shape index (κ1) is 16.7. The zero-order valence-corrected chi connectivity index (χ0v) is 14.6. The second-order valence-electron chi connectivity index (χ2n) is 6.25. The molecule has 1 aliphatic rings. The van der Waals surface area contributed by atoms with Crippen molar-refractivity contribution in [2.45, 2.75) is 32.3 Å². The van der Waals surface area contributed by atoms with Crippen LogP contribution < -0.4 is 10.4 Å². The molecular weight excluding hydrogens is 360 g/mol. The first-order valence-corrected chi connectivity index (χ1v) is 8.59. The van der Waals surface area contributed by atoms with Crippen LogP contribution in [-0.4, -0.2) is 11.1 Å². The highest BCUT2D eigenvalue weighted by molar-refractivity contribution is 6.32. The lowest BCUT2D eigenvalue weighted by atomic mass is 10.1. The van der Waals surface area contributed by atoms with Gasteiger partial charge in [-0.15, -0.1) is 0 Å². The molecule has 7 heteroatoms. The molecule has 26 heavy (non-hydrogen) atoms. The summed E-state index contributed by atoms with van der Waals surface area (Å²) in [6.07, 6.45) is 1.91. The molecule has 0 saturated heterocycles. The Labute approximate surface area is 152 Å². The zero-order chi connectivity index (χ0) is 18.4. The average molecular weight is 375 g/mol. The summed E-state index contributed by atoms with van der Waals surface area (Å²) in [5, 5.41) is 10.2. The van der Waals surface area contributed by atoms with Crippen molar-refractivity contribution in [3.63, 3.8) is 0 Å². The number of hydrogen-bond donors (Lipinski definition) is 1. The Balaban J connectivity index is 1.70. The molecule has 0 bridgehead atoms. The normalized spacial score (nSPS) is 14.4. The Bertz CT molecular complexity index is 1080. The fraction of sp³-hybridized carbons (Fsp3) is 0.263. The molecule has 6 nitrogen and oxygen atoms in total. The van der Waals surface area contributed by atoms with E-state index in [0.29, 0.717) is 22.1 Å². The second-order valence-corrected chi connectivity index (χ2v) is 6.65. The van der Waals surface area contributed by atoms with Crippen LogP contribution in [0.15, 0.2) is 37.9 Å². The summed E-state index contributed by atoms with van der Waals surface area (Å²) in [5.41, 5.74) is 1.83. The van der Waals surface area contributed by atoms with Gasteiger partial charge in [-0.1, -0.05) is 11.6 Å². The Morgan fingerprint density at radius 2 is 2.00 bits per heavy atom. The van der Waals surface area contributed by atoms with Crippen molar-refractivity contribution in [2.24, 2.45) is 0 Å². The van der Waals surface area contributed by atoms with Gasteiger partial charge in [0.2, 0.25) is 5.76 Å². The number of furan rings is 1. The third-order valence-corrected chi connectivity index (χ3v) is 4.86. The van der Waals surface area contributed by atoms with Crippen LogP contribution in [0.25, 0.3) is 11.0 Å².